The van der Waals surface area contributed by atoms with Crippen molar-refractivity contribution >= 4 is 5.91 Å². The summed E-state index contributed by atoms with van der Waals surface area (Å²) in [4.78, 5) is 17.2. The summed E-state index contributed by atoms with van der Waals surface area (Å²) in [5, 5.41) is 0. The number of rotatable bonds is 5. The lowest BCUT2D eigenvalue weighted by Crippen LogP contribution is -2.57. The van der Waals surface area contributed by atoms with E-state index in [9.17, 15) is 4.79 Å². The topological polar surface area (TPSA) is 32.8 Å². The van der Waals surface area contributed by atoms with Crippen LogP contribution in [-0.4, -0.2) is 61.1 Å². The van der Waals surface area contributed by atoms with E-state index >= 15 is 0 Å². The summed E-state index contributed by atoms with van der Waals surface area (Å²) in [7, 11) is 0. The molecule has 2 heterocycles. The summed E-state index contributed by atoms with van der Waals surface area (Å²) >= 11 is 0. The molecule has 3 aliphatic rings. The highest BCUT2D eigenvalue weighted by Crippen LogP contribution is 2.30. The van der Waals surface area contributed by atoms with Gasteiger partial charge in [-0.3, -0.25) is 9.69 Å². The van der Waals surface area contributed by atoms with Gasteiger partial charge in [0.1, 0.15) is 0 Å². The number of carbonyl (C=O) groups is 1. The van der Waals surface area contributed by atoms with E-state index in [1.807, 2.05) is 6.92 Å². The summed E-state index contributed by atoms with van der Waals surface area (Å²) in [6.07, 6.45) is 7.98. The fourth-order valence-corrected chi connectivity index (χ4v) is 4.12. The number of amides is 1. The summed E-state index contributed by atoms with van der Waals surface area (Å²) < 4.78 is 5.50. The number of likely N-dealkylation sites (tertiary alicyclic amines) is 2. The Morgan fingerprint density at radius 1 is 1.10 bits per heavy atom. The second-order valence-electron chi connectivity index (χ2n) is 7.04. The van der Waals surface area contributed by atoms with Gasteiger partial charge < -0.3 is 9.64 Å². The lowest BCUT2D eigenvalue weighted by molar-refractivity contribution is -0.141. The SMILES string of the molecule is CCOC[C@@H]1CCN(C(=O)C2CN(C3CCCCC3)C2)C1. The van der Waals surface area contributed by atoms with Gasteiger partial charge in [0.15, 0.2) is 0 Å². The molecule has 0 aromatic heterocycles. The van der Waals surface area contributed by atoms with Crippen LogP contribution in [-0.2, 0) is 9.53 Å². The van der Waals surface area contributed by atoms with Gasteiger partial charge in [0.05, 0.1) is 12.5 Å². The standard InChI is InChI=1S/C17H30N2O2/c1-2-21-13-14-8-9-18(10-14)17(20)15-11-19(12-15)16-6-4-3-5-7-16/h14-16H,2-13H2,1H3/t14-/m1/s1. The Morgan fingerprint density at radius 2 is 1.86 bits per heavy atom. The lowest BCUT2D eigenvalue weighted by atomic mass is 9.88. The molecular formula is C17H30N2O2. The summed E-state index contributed by atoms with van der Waals surface area (Å²) in [6.45, 7) is 7.51. The van der Waals surface area contributed by atoms with Gasteiger partial charge in [0, 0.05) is 44.7 Å². The minimum absolute atomic E-state index is 0.276. The predicted octanol–water partition coefficient (Wildman–Crippen LogP) is 2.14. The summed E-state index contributed by atoms with van der Waals surface area (Å²) in [5.41, 5.74) is 0. The quantitative estimate of drug-likeness (QED) is 0.779. The molecule has 0 spiro atoms. The summed E-state index contributed by atoms with van der Waals surface area (Å²) in [6, 6.07) is 0.770. The van der Waals surface area contributed by atoms with Crippen molar-refractivity contribution in [1.29, 1.82) is 0 Å². The largest absolute Gasteiger partial charge is 0.381 e. The van der Waals surface area contributed by atoms with Crippen molar-refractivity contribution in [1.82, 2.24) is 9.80 Å². The Kier molecular flexibility index (Phi) is 5.17. The maximum atomic E-state index is 12.5. The molecule has 2 aliphatic heterocycles. The molecule has 3 fully saturated rings. The first kappa shape index (κ1) is 15.3. The van der Waals surface area contributed by atoms with E-state index in [-0.39, 0.29) is 5.92 Å². The Morgan fingerprint density at radius 3 is 2.57 bits per heavy atom. The fraction of sp³-hybridized carbons (Fsp3) is 0.941. The van der Waals surface area contributed by atoms with Crippen LogP contribution in [0.2, 0.25) is 0 Å². The number of hydrogen-bond acceptors (Lipinski definition) is 3. The van der Waals surface area contributed by atoms with Crippen molar-refractivity contribution in [2.45, 2.75) is 51.5 Å². The van der Waals surface area contributed by atoms with Gasteiger partial charge in [-0.15, -0.1) is 0 Å². The maximum absolute atomic E-state index is 12.5. The molecule has 120 valence electrons. The first-order chi connectivity index (χ1) is 10.3. The van der Waals surface area contributed by atoms with Crippen molar-refractivity contribution in [3.8, 4) is 0 Å². The van der Waals surface area contributed by atoms with Gasteiger partial charge in [-0.1, -0.05) is 19.3 Å². The highest BCUT2D eigenvalue weighted by atomic mass is 16.5. The average molecular weight is 294 g/mol. The number of ether oxygens (including phenoxy) is 1. The van der Waals surface area contributed by atoms with Crippen LogP contribution in [0.5, 0.6) is 0 Å². The molecule has 1 amide bonds. The Bertz CT molecular complexity index is 349. The van der Waals surface area contributed by atoms with Crippen LogP contribution in [0.3, 0.4) is 0 Å². The van der Waals surface area contributed by atoms with E-state index in [0.29, 0.717) is 11.8 Å². The predicted molar refractivity (Wildman–Crippen MR) is 83.1 cm³/mol. The molecule has 4 nitrogen and oxygen atoms in total. The third-order valence-corrected chi connectivity index (χ3v) is 5.51. The van der Waals surface area contributed by atoms with E-state index in [2.05, 4.69) is 9.80 Å². The third-order valence-electron chi connectivity index (χ3n) is 5.51. The molecule has 1 saturated carbocycles. The maximum Gasteiger partial charge on any atom is 0.228 e. The van der Waals surface area contributed by atoms with E-state index in [1.165, 1.54) is 32.1 Å². The van der Waals surface area contributed by atoms with Crippen LogP contribution in [0.25, 0.3) is 0 Å². The van der Waals surface area contributed by atoms with E-state index in [0.717, 1.165) is 51.9 Å². The molecular weight excluding hydrogens is 264 g/mol. The molecule has 1 atom stereocenters. The van der Waals surface area contributed by atoms with E-state index in [4.69, 9.17) is 4.74 Å². The highest BCUT2D eigenvalue weighted by molar-refractivity contribution is 5.80. The van der Waals surface area contributed by atoms with Crippen molar-refractivity contribution in [2.75, 3.05) is 39.4 Å². The fourth-order valence-electron chi connectivity index (χ4n) is 4.12. The first-order valence-electron chi connectivity index (χ1n) is 8.88. The molecule has 2 saturated heterocycles. The van der Waals surface area contributed by atoms with Gasteiger partial charge in [-0.2, -0.15) is 0 Å². The number of carbonyl (C=O) groups excluding carboxylic acids is 1. The van der Waals surface area contributed by atoms with E-state index < -0.39 is 0 Å². The zero-order valence-corrected chi connectivity index (χ0v) is 13.4. The van der Waals surface area contributed by atoms with Crippen molar-refractivity contribution in [2.24, 2.45) is 11.8 Å². The average Bonchev–Trinajstić information content (AvgIpc) is 2.93. The third kappa shape index (κ3) is 3.59. The normalized spacial score (nSPS) is 28.8. The number of hydrogen-bond donors (Lipinski definition) is 0. The van der Waals surface area contributed by atoms with Gasteiger partial charge in [0.2, 0.25) is 5.91 Å². The van der Waals surface area contributed by atoms with Gasteiger partial charge in [-0.05, 0) is 26.2 Å². The van der Waals surface area contributed by atoms with Gasteiger partial charge in [0.25, 0.3) is 0 Å². The molecule has 21 heavy (non-hydrogen) atoms. The van der Waals surface area contributed by atoms with Crippen LogP contribution in [0.4, 0.5) is 0 Å². The van der Waals surface area contributed by atoms with Crippen molar-refractivity contribution in [3.05, 3.63) is 0 Å². The molecule has 0 aromatic carbocycles. The minimum atomic E-state index is 0.276. The van der Waals surface area contributed by atoms with Crippen LogP contribution in [0, 0.1) is 11.8 Å². The first-order valence-corrected chi connectivity index (χ1v) is 8.88. The molecule has 0 radical (unpaired) electrons. The van der Waals surface area contributed by atoms with E-state index in [1.54, 1.807) is 0 Å². The van der Waals surface area contributed by atoms with Gasteiger partial charge >= 0.3 is 0 Å². The minimum Gasteiger partial charge on any atom is -0.381 e. The molecule has 1 aliphatic carbocycles. The second kappa shape index (κ2) is 7.10. The Labute approximate surface area is 128 Å². The molecule has 0 N–H and O–H groups in total. The molecule has 0 unspecified atom stereocenters. The zero-order valence-electron chi connectivity index (χ0n) is 13.4. The van der Waals surface area contributed by atoms with Crippen LogP contribution < -0.4 is 0 Å². The van der Waals surface area contributed by atoms with Crippen LogP contribution in [0.1, 0.15) is 45.4 Å². The van der Waals surface area contributed by atoms with Crippen molar-refractivity contribution in [3.63, 3.8) is 0 Å². The molecule has 4 heteroatoms. The molecule has 0 bridgehead atoms. The second-order valence-corrected chi connectivity index (χ2v) is 7.04. The van der Waals surface area contributed by atoms with Gasteiger partial charge in [-0.25, -0.2) is 0 Å². The monoisotopic (exact) mass is 294 g/mol. The molecule has 0 aromatic rings. The molecule has 3 rings (SSSR count). The zero-order chi connectivity index (χ0) is 14.7. The van der Waals surface area contributed by atoms with Crippen LogP contribution >= 0.6 is 0 Å². The van der Waals surface area contributed by atoms with Crippen molar-refractivity contribution < 1.29 is 9.53 Å². The van der Waals surface area contributed by atoms with Crippen LogP contribution in [0.15, 0.2) is 0 Å². The number of nitrogens with zero attached hydrogens (tertiary/aromatic N) is 2. The highest BCUT2D eigenvalue weighted by Gasteiger charge is 2.40. The summed E-state index contributed by atoms with van der Waals surface area (Å²) in [5.74, 6) is 1.24. The lowest BCUT2D eigenvalue weighted by Gasteiger charge is -2.45. The Hall–Kier alpha value is -0.610. The smallest absolute Gasteiger partial charge is 0.228 e. The Balaban J connectivity index is 1.39.